The Morgan fingerprint density at radius 3 is 0.655 bits per heavy atom. The van der Waals surface area contributed by atoms with Crippen LogP contribution in [0.2, 0.25) is 0 Å². The fraction of sp³-hybridized carbons (Fsp3) is 0.171. The quantitative estimate of drug-likeness (QED) is 0.101. The Bertz CT molecular complexity index is 7660. The molecule has 0 saturated carbocycles. The fourth-order valence-electron chi connectivity index (χ4n) is 18.3. The van der Waals surface area contributed by atoms with Crippen molar-refractivity contribution in [3.05, 3.63) is 452 Å². The maximum absolute atomic E-state index is 5.06. The molecule has 14 aromatic carbocycles. The van der Waals surface area contributed by atoms with Gasteiger partial charge in [-0.2, -0.15) is 0 Å². The molecule has 0 radical (unpaired) electrons. The molecule has 13 nitrogen and oxygen atoms in total. The standard InChI is InChI=1S/C40H35N3.C35H32N2.C31H27N3.C23H21N5/c1-39(2,3)31-21-23-33-32-22-20-30(24-34(32)40(4,5)35(33)25-31)38-42-36(28-14-10-7-11-15-28)41-37(43-38)29-18-16-27(17-19-29)26-12-8-6-9-13-26;1-34(2,3)26-17-19-28-27-18-16-25(20-29(27)35(4,5)30(28)21-26)33-36-31(23-12-8-6-9-13-23)22-32(37-33)24-14-10-7-11-15-24;1-31(2,3)30-33-28(26-18-14-24(15-19-26)22-10-6-4-7-11-22)32-29(34-30)27-20-16-25(17-21-27)23-12-8-5-9-13-23;1-23(2,3)19-6-4-16(5-7-19)20-26-21(17-8-12-24-13-9-17)28-22(27-20)18-10-14-25-15-11-18/h6-25H,1-5H3;6-22H,1-5H3;4-21H,1-3H3;4-15H,1-3H3. The van der Waals surface area contributed by atoms with Gasteiger partial charge < -0.3 is 0 Å². The number of nitrogens with zero attached hydrogens (tertiary/aromatic N) is 13. The molecule has 22 rings (SSSR count). The van der Waals surface area contributed by atoms with Crippen LogP contribution in [0.5, 0.6) is 0 Å². The second-order valence-corrected chi connectivity index (χ2v) is 41.6. The van der Waals surface area contributed by atoms with Crippen LogP contribution in [0.1, 0.15) is 156 Å². The van der Waals surface area contributed by atoms with Gasteiger partial charge in [-0.25, -0.2) is 54.8 Å². The van der Waals surface area contributed by atoms with Gasteiger partial charge in [-0.05, 0) is 153 Å². The van der Waals surface area contributed by atoms with E-state index in [1.165, 1.54) is 89.0 Å². The number of pyridine rings is 2. The lowest BCUT2D eigenvalue weighted by molar-refractivity contribution is 0.543. The third-order valence-corrected chi connectivity index (χ3v) is 26.7. The van der Waals surface area contributed by atoms with Crippen molar-refractivity contribution >= 4 is 0 Å². The lowest BCUT2D eigenvalue weighted by Crippen LogP contribution is -2.18. The third kappa shape index (κ3) is 20.7. The van der Waals surface area contributed by atoms with E-state index in [1.807, 2.05) is 72.8 Å². The molecule has 2 aliphatic carbocycles. The van der Waals surface area contributed by atoms with Gasteiger partial charge in [0.1, 0.15) is 5.82 Å². The molecule has 0 bridgehead atoms. The van der Waals surface area contributed by atoms with Crippen molar-refractivity contribution in [2.75, 3.05) is 0 Å². The monoisotopic (exact) mass is 1850 g/mol. The second kappa shape index (κ2) is 39.4. The number of benzene rings is 14. The molecular formula is C129H115N13. The summed E-state index contributed by atoms with van der Waals surface area (Å²) >= 11 is 0. The smallest absolute Gasteiger partial charge is 0.164 e. The average Bonchev–Trinajstić information content (AvgIpc) is 1.57. The Labute approximate surface area is 834 Å². The normalized spacial score (nSPS) is 12.6. The first-order valence-corrected chi connectivity index (χ1v) is 48.7. The number of rotatable bonds is 14. The highest BCUT2D eigenvalue weighted by Gasteiger charge is 2.39. The summed E-state index contributed by atoms with van der Waals surface area (Å²) in [6.45, 7) is 36.0. The Morgan fingerprint density at radius 1 is 0.162 bits per heavy atom. The van der Waals surface area contributed by atoms with E-state index in [0.717, 1.165) is 89.8 Å². The largest absolute Gasteiger partial charge is 0.265 e. The Hall–Kier alpha value is -16.5. The third-order valence-electron chi connectivity index (χ3n) is 26.7. The first-order chi connectivity index (χ1) is 68.4. The summed E-state index contributed by atoms with van der Waals surface area (Å²) in [5.74, 6) is 6.85. The summed E-state index contributed by atoms with van der Waals surface area (Å²) in [5.41, 5.74) is 34.4. The van der Waals surface area contributed by atoms with E-state index in [0.29, 0.717) is 46.6 Å². The molecule has 0 fully saturated rings. The van der Waals surface area contributed by atoms with Crippen molar-refractivity contribution in [3.8, 4) is 181 Å². The van der Waals surface area contributed by atoms with Crippen LogP contribution in [0, 0.1) is 0 Å². The number of hydrogen-bond donors (Lipinski definition) is 0. The van der Waals surface area contributed by atoms with Gasteiger partial charge in [0.25, 0.3) is 0 Å². The highest BCUT2D eigenvalue weighted by Crippen LogP contribution is 2.53. The van der Waals surface area contributed by atoms with Crippen molar-refractivity contribution in [3.63, 3.8) is 0 Å². The first-order valence-electron chi connectivity index (χ1n) is 48.7. The van der Waals surface area contributed by atoms with Crippen LogP contribution in [0.4, 0.5) is 0 Å². The molecule has 6 aromatic heterocycles. The molecule has 2 aliphatic rings. The minimum absolute atomic E-state index is 0.0960. The van der Waals surface area contributed by atoms with E-state index in [2.05, 4.69) is 435 Å². The highest BCUT2D eigenvalue weighted by molar-refractivity contribution is 5.87. The minimum Gasteiger partial charge on any atom is -0.265 e. The van der Waals surface area contributed by atoms with Crippen LogP contribution in [0.3, 0.4) is 0 Å². The minimum atomic E-state index is -0.194. The molecule has 0 atom stereocenters. The van der Waals surface area contributed by atoms with Gasteiger partial charge in [-0.3, -0.25) is 9.97 Å². The van der Waals surface area contributed by atoms with Gasteiger partial charge in [-0.15, -0.1) is 0 Å². The maximum Gasteiger partial charge on any atom is 0.164 e. The SMILES string of the molecule is CC(C)(C)c1ccc(-c2nc(-c3ccncc3)nc(-c3ccncc3)n2)cc1.CC(C)(C)c1ccc2c(c1)C(C)(C)c1cc(-c3nc(-c4ccccc4)cc(-c4ccccc4)n3)ccc1-2.CC(C)(C)c1ccc2c(c1)C(C)(C)c1cc(-c3nc(-c4ccccc4)nc(-c4ccc(-c5ccccc5)cc4)n3)ccc1-2.CC(C)(C)c1nc(-c2ccc(-c3ccccc3)cc2)nc(-c2ccc(-c3ccccc3)cc2)n1. The summed E-state index contributed by atoms with van der Waals surface area (Å²) < 4.78 is 0. The summed E-state index contributed by atoms with van der Waals surface area (Å²) in [5, 5.41) is 0. The number of fused-ring (bicyclic) bond motifs is 6. The first kappa shape index (κ1) is 94.5. The molecule has 0 aliphatic heterocycles. The van der Waals surface area contributed by atoms with E-state index < -0.39 is 0 Å². The van der Waals surface area contributed by atoms with Gasteiger partial charge in [0.2, 0.25) is 0 Å². The molecule has 696 valence electrons. The molecule has 142 heavy (non-hydrogen) atoms. The Balaban J connectivity index is 0.000000121. The van der Waals surface area contributed by atoms with E-state index in [4.69, 9.17) is 49.8 Å². The summed E-state index contributed by atoms with van der Waals surface area (Å²) in [6.07, 6.45) is 6.96. The van der Waals surface area contributed by atoms with Gasteiger partial charge in [0.05, 0.1) is 11.4 Å². The Morgan fingerprint density at radius 2 is 0.366 bits per heavy atom. The molecule has 0 spiro atoms. The predicted octanol–water partition coefficient (Wildman–Crippen LogP) is 32.0. The molecule has 20 aromatic rings. The van der Waals surface area contributed by atoms with Gasteiger partial charge >= 0.3 is 0 Å². The van der Waals surface area contributed by atoms with Crippen LogP contribution in [-0.4, -0.2) is 64.8 Å². The summed E-state index contributed by atoms with van der Waals surface area (Å²) in [6, 6.07) is 133. The predicted molar refractivity (Wildman–Crippen MR) is 583 cm³/mol. The fourth-order valence-corrected chi connectivity index (χ4v) is 18.3. The molecule has 0 amide bonds. The summed E-state index contributed by atoms with van der Waals surface area (Å²) in [4.78, 5) is 62.0. The summed E-state index contributed by atoms with van der Waals surface area (Å²) in [7, 11) is 0. The van der Waals surface area contributed by atoms with Crippen LogP contribution in [-0.2, 0) is 32.5 Å². The molecule has 6 heterocycles. The van der Waals surface area contributed by atoms with Crippen molar-refractivity contribution in [2.45, 2.75) is 143 Å². The van der Waals surface area contributed by atoms with Crippen LogP contribution in [0.15, 0.2) is 407 Å². The van der Waals surface area contributed by atoms with Crippen LogP contribution < -0.4 is 0 Å². The molecular weight excluding hydrogens is 1730 g/mol. The topological polar surface area (TPSA) is 168 Å². The van der Waals surface area contributed by atoms with Crippen molar-refractivity contribution in [1.82, 2.24) is 64.8 Å². The van der Waals surface area contributed by atoms with Crippen molar-refractivity contribution in [2.24, 2.45) is 0 Å². The van der Waals surface area contributed by atoms with Gasteiger partial charge in [-0.1, -0.05) is 450 Å². The van der Waals surface area contributed by atoms with Crippen molar-refractivity contribution < 1.29 is 0 Å². The van der Waals surface area contributed by atoms with Gasteiger partial charge in [0, 0.05) is 102 Å². The lowest BCUT2D eigenvalue weighted by Gasteiger charge is -2.25. The van der Waals surface area contributed by atoms with Crippen molar-refractivity contribution in [1.29, 1.82) is 0 Å². The zero-order valence-electron chi connectivity index (χ0n) is 83.5. The zero-order valence-corrected chi connectivity index (χ0v) is 83.5. The maximum atomic E-state index is 5.06. The van der Waals surface area contributed by atoms with E-state index >= 15 is 0 Å². The number of hydrogen-bond acceptors (Lipinski definition) is 13. The molecule has 0 saturated heterocycles. The highest BCUT2D eigenvalue weighted by atomic mass is 15.1. The molecule has 13 heteroatoms. The van der Waals surface area contributed by atoms with Gasteiger partial charge in [0.15, 0.2) is 52.4 Å². The van der Waals surface area contributed by atoms with E-state index in [9.17, 15) is 0 Å². The Kier molecular flexibility index (Phi) is 26.2. The zero-order chi connectivity index (χ0) is 98.7. The molecule has 0 N–H and O–H groups in total. The molecule has 0 unspecified atom stereocenters. The number of aromatic nitrogens is 13. The lowest BCUT2D eigenvalue weighted by atomic mass is 9.79. The van der Waals surface area contributed by atoms with Crippen LogP contribution in [0.25, 0.3) is 181 Å². The van der Waals surface area contributed by atoms with E-state index in [1.54, 1.807) is 24.8 Å². The van der Waals surface area contributed by atoms with Crippen LogP contribution >= 0.6 is 0 Å². The average molecular weight is 1850 g/mol. The van der Waals surface area contributed by atoms with E-state index in [-0.39, 0.29) is 32.5 Å². The second-order valence-electron chi connectivity index (χ2n) is 41.6.